The summed E-state index contributed by atoms with van der Waals surface area (Å²) in [6.07, 6.45) is 1.14. The van der Waals surface area contributed by atoms with Gasteiger partial charge in [0.1, 0.15) is 0 Å². The van der Waals surface area contributed by atoms with E-state index in [0.29, 0.717) is 6.04 Å². The number of aryl methyl sites for hydroxylation is 1. The second-order valence-electron chi connectivity index (χ2n) is 5.23. The first kappa shape index (κ1) is 16.4. The molecule has 0 aromatic heterocycles. The summed E-state index contributed by atoms with van der Waals surface area (Å²) in [5.41, 5.74) is 2.52. The lowest BCUT2D eigenvalue weighted by Crippen LogP contribution is -2.19. The molecule has 21 heavy (non-hydrogen) atoms. The van der Waals surface area contributed by atoms with Gasteiger partial charge in [-0.3, -0.25) is 0 Å². The topological polar surface area (TPSA) is 12.0 Å². The summed E-state index contributed by atoms with van der Waals surface area (Å²) < 4.78 is 0. The first-order chi connectivity index (χ1) is 10.1. The SMILES string of the molecule is CCCNC(C)c1ccc(Sc2ccccc2C)c(Cl)c1. The van der Waals surface area contributed by atoms with Crippen LogP contribution in [0.2, 0.25) is 5.02 Å². The van der Waals surface area contributed by atoms with Crippen molar-refractivity contribution in [3.05, 3.63) is 58.6 Å². The lowest BCUT2D eigenvalue weighted by Gasteiger charge is -2.15. The molecule has 1 atom stereocenters. The Balaban J connectivity index is 2.14. The molecule has 0 radical (unpaired) electrons. The Bertz CT molecular complexity index is 598. The van der Waals surface area contributed by atoms with Crippen LogP contribution in [-0.4, -0.2) is 6.54 Å². The quantitative estimate of drug-likeness (QED) is 0.715. The second kappa shape index (κ2) is 7.88. The van der Waals surface area contributed by atoms with Crippen molar-refractivity contribution in [2.75, 3.05) is 6.54 Å². The zero-order valence-corrected chi connectivity index (χ0v) is 14.4. The molecule has 0 saturated carbocycles. The highest BCUT2D eigenvalue weighted by Crippen LogP contribution is 2.36. The Kier molecular flexibility index (Phi) is 6.16. The maximum absolute atomic E-state index is 6.46. The highest BCUT2D eigenvalue weighted by Gasteiger charge is 2.09. The predicted octanol–water partition coefficient (Wildman–Crippen LogP) is 5.86. The van der Waals surface area contributed by atoms with E-state index in [-0.39, 0.29) is 0 Å². The summed E-state index contributed by atoms with van der Waals surface area (Å²) in [5, 5.41) is 4.31. The van der Waals surface area contributed by atoms with Gasteiger partial charge in [-0.15, -0.1) is 0 Å². The van der Waals surface area contributed by atoms with Crippen LogP contribution in [0.15, 0.2) is 52.3 Å². The molecule has 0 aliphatic carbocycles. The van der Waals surface area contributed by atoms with E-state index in [4.69, 9.17) is 11.6 Å². The number of halogens is 1. The van der Waals surface area contributed by atoms with Gasteiger partial charge in [0.15, 0.2) is 0 Å². The van der Waals surface area contributed by atoms with Gasteiger partial charge in [0.25, 0.3) is 0 Å². The van der Waals surface area contributed by atoms with Crippen molar-refractivity contribution < 1.29 is 0 Å². The molecule has 2 aromatic carbocycles. The summed E-state index contributed by atoms with van der Waals surface area (Å²) in [7, 11) is 0. The van der Waals surface area contributed by atoms with Gasteiger partial charge in [-0.2, -0.15) is 0 Å². The van der Waals surface area contributed by atoms with Crippen LogP contribution in [0.25, 0.3) is 0 Å². The van der Waals surface area contributed by atoms with Crippen LogP contribution >= 0.6 is 23.4 Å². The van der Waals surface area contributed by atoms with E-state index >= 15 is 0 Å². The molecule has 0 fully saturated rings. The Morgan fingerprint density at radius 2 is 1.90 bits per heavy atom. The molecule has 0 bridgehead atoms. The monoisotopic (exact) mass is 319 g/mol. The summed E-state index contributed by atoms with van der Waals surface area (Å²) in [4.78, 5) is 2.36. The Morgan fingerprint density at radius 3 is 2.57 bits per heavy atom. The minimum absolute atomic E-state index is 0.333. The van der Waals surface area contributed by atoms with Crippen molar-refractivity contribution in [1.82, 2.24) is 5.32 Å². The fourth-order valence-corrected chi connectivity index (χ4v) is 3.35. The zero-order valence-electron chi connectivity index (χ0n) is 12.8. The third-order valence-electron chi connectivity index (χ3n) is 3.47. The van der Waals surface area contributed by atoms with Gasteiger partial charge in [-0.1, -0.05) is 54.6 Å². The Labute approximate surface area is 137 Å². The molecule has 0 saturated heterocycles. The number of nitrogens with one attached hydrogen (secondary N) is 1. The molecule has 112 valence electrons. The number of hydrogen-bond acceptors (Lipinski definition) is 2. The molecule has 0 heterocycles. The standard InChI is InChI=1S/C18H22ClNS/c1-4-11-20-14(3)15-9-10-18(16(19)12-15)21-17-8-6-5-7-13(17)2/h5-10,12,14,20H,4,11H2,1-3H3. The van der Waals surface area contributed by atoms with E-state index < -0.39 is 0 Å². The zero-order chi connectivity index (χ0) is 15.2. The maximum atomic E-state index is 6.46. The molecular weight excluding hydrogens is 298 g/mol. The fraction of sp³-hybridized carbons (Fsp3) is 0.333. The van der Waals surface area contributed by atoms with Gasteiger partial charge >= 0.3 is 0 Å². The largest absolute Gasteiger partial charge is 0.310 e. The highest BCUT2D eigenvalue weighted by atomic mass is 35.5. The average Bonchev–Trinajstić information content (AvgIpc) is 2.49. The molecule has 2 aromatic rings. The summed E-state index contributed by atoms with van der Waals surface area (Å²) in [6, 6.07) is 15.1. The van der Waals surface area contributed by atoms with Crippen molar-refractivity contribution in [3.63, 3.8) is 0 Å². The van der Waals surface area contributed by atoms with E-state index in [9.17, 15) is 0 Å². The van der Waals surface area contributed by atoms with Crippen molar-refractivity contribution >= 4 is 23.4 Å². The van der Waals surface area contributed by atoms with Crippen LogP contribution < -0.4 is 5.32 Å². The fourth-order valence-electron chi connectivity index (χ4n) is 2.14. The predicted molar refractivity (Wildman–Crippen MR) is 93.5 cm³/mol. The Hall–Kier alpha value is -0.960. The summed E-state index contributed by atoms with van der Waals surface area (Å²) in [6.45, 7) is 7.50. The highest BCUT2D eigenvalue weighted by molar-refractivity contribution is 7.99. The molecule has 1 unspecified atom stereocenters. The van der Waals surface area contributed by atoms with Gasteiger partial charge in [-0.05, 0) is 56.1 Å². The summed E-state index contributed by atoms with van der Waals surface area (Å²) in [5.74, 6) is 0. The minimum atomic E-state index is 0.333. The van der Waals surface area contributed by atoms with Crippen LogP contribution in [-0.2, 0) is 0 Å². The number of benzene rings is 2. The number of rotatable bonds is 6. The minimum Gasteiger partial charge on any atom is -0.310 e. The molecule has 3 heteroatoms. The lowest BCUT2D eigenvalue weighted by atomic mass is 10.1. The van der Waals surface area contributed by atoms with Crippen LogP contribution in [0.5, 0.6) is 0 Å². The smallest absolute Gasteiger partial charge is 0.0548 e. The summed E-state index contributed by atoms with van der Waals surface area (Å²) >= 11 is 8.19. The average molecular weight is 320 g/mol. The molecule has 0 aliphatic heterocycles. The molecular formula is C18H22ClNS. The van der Waals surface area contributed by atoms with Crippen molar-refractivity contribution in [2.24, 2.45) is 0 Å². The molecule has 0 spiro atoms. The molecule has 2 rings (SSSR count). The van der Waals surface area contributed by atoms with Crippen molar-refractivity contribution in [3.8, 4) is 0 Å². The van der Waals surface area contributed by atoms with E-state index in [1.165, 1.54) is 16.0 Å². The third-order valence-corrected chi connectivity index (χ3v) is 5.15. The van der Waals surface area contributed by atoms with Gasteiger partial charge in [0, 0.05) is 15.8 Å². The van der Waals surface area contributed by atoms with Gasteiger partial charge in [0.05, 0.1) is 5.02 Å². The van der Waals surface area contributed by atoms with E-state index in [2.05, 4.69) is 68.6 Å². The van der Waals surface area contributed by atoms with Crippen molar-refractivity contribution in [2.45, 2.75) is 43.0 Å². The van der Waals surface area contributed by atoms with Crippen LogP contribution in [0, 0.1) is 6.92 Å². The van der Waals surface area contributed by atoms with Crippen LogP contribution in [0.1, 0.15) is 37.4 Å². The van der Waals surface area contributed by atoms with Gasteiger partial charge < -0.3 is 5.32 Å². The Morgan fingerprint density at radius 1 is 1.14 bits per heavy atom. The van der Waals surface area contributed by atoms with E-state index in [1.807, 2.05) is 0 Å². The van der Waals surface area contributed by atoms with Gasteiger partial charge in [-0.25, -0.2) is 0 Å². The first-order valence-electron chi connectivity index (χ1n) is 7.38. The van der Waals surface area contributed by atoms with E-state index in [1.54, 1.807) is 11.8 Å². The van der Waals surface area contributed by atoms with Gasteiger partial charge in [0.2, 0.25) is 0 Å². The molecule has 1 N–H and O–H groups in total. The van der Waals surface area contributed by atoms with Crippen LogP contribution in [0.4, 0.5) is 0 Å². The first-order valence-corrected chi connectivity index (χ1v) is 8.57. The van der Waals surface area contributed by atoms with Crippen LogP contribution in [0.3, 0.4) is 0 Å². The molecule has 0 aliphatic rings. The lowest BCUT2D eigenvalue weighted by molar-refractivity contribution is 0.570. The van der Waals surface area contributed by atoms with E-state index in [0.717, 1.165) is 22.9 Å². The molecule has 0 amide bonds. The second-order valence-corrected chi connectivity index (χ2v) is 6.72. The normalized spacial score (nSPS) is 12.4. The van der Waals surface area contributed by atoms with Crippen molar-refractivity contribution in [1.29, 1.82) is 0 Å². The molecule has 1 nitrogen and oxygen atoms in total. The number of hydrogen-bond donors (Lipinski definition) is 1. The third kappa shape index (κ3) is 4.50. The maximum Gasteiger partial charge on any atom is 0.0548 e.